The third kappa shape index (κ3) is 6.14. The van der Waals surface area contributed by atoms with Gasteiger partial charge in [0.05, 0.1) is 0 Å². The number of amides is 3. The van der Waals surface area contributed by atoms with Gasteiger partial charge in [0, 0.05) is 37.2 Å². The zero-order chi connectivity index (χ0) is 19.9. The van der Waals surface area contributed by atoms with Crippen molar-refractivity contribution < 1.29 is 37.5 Å². The van der Waals surface area contributed by atoms with E-state index in [9.17, 15) is 27.6 Å². The minimum absolute atomic E-state index is 0.0245. The van der Waals surface area contributed by atoms with E-state index in [2.05, 4.69) is 5.32 Å². The Morgan fingerprint density at radius 2 is 1.62 bits per heavy atom. The minimum atomic E-state index is -5.08. The maximum Gasteiger partial charge on any atom is 0.490 e. The Morgan fingerprint density at radius 3 is 2.00 bits per heavy atom. The first-order valence-electron chi connectivity index (χ1n) is 7.91. The fourth-order valence-corrected chi connectivity index (χ4v) is 2.71. The molecule has 1 aliphatic carbocycles. The van der Waals surface area contributed by atoms with E-state index in [4.69, 9.17) is 15.6 Å². The number of carbonyl (C=O) groups is 4. The van der Waals surface area contributed by atoms with Crippen molar-refractivity contribution in [3.05, 3.63) is 12.2 Å². The van der Waals surface area contributed by atoms with Gasteiger partial charge >= 0.3 is 12.1 Å². The predicted molar refractivity (Wildman–Crippen MR) is 82.5 cm³/mol. The van der Waals surface area contributed by atoms with Gasteiger partial charge in [0.25, 0.3) is 11.8 Å². The van der Waals surface area contributed by atoms with Crippen LogP contribution in [0.2, 0.25) is 0 Å². The molecule has 2 aliphatic rings. The van der Waals surface area contributed by atoms with Gasteiger partial charge in [0.2, 0.25) is 5.91 Å². The van der Waals surface area contributed by atoms with Crippen molar-refractivity contribution in [2.24, 2.45) is 11.7 Å². The van der Waals surface area contributed by atoms with Gasteiger partial charge in [-0.25, -0.2) is 4.79 Å². The van der Waals surface area contributed by atoms with Gasteiger partial charge in [-0.2, -0.15) is 13.2 Å². The van der Waals surface area contributed by atoms with Crippen LogP contribution in [0, 0.1) is 5.92 Å². The van der Waals surface area contributed by atoms with E-state index in [-0.39, 0.29) is 29.7 Å². The number of halogens is 3. The van der Waals surface area contributed by atoms with E-state index in [0.717, 1.165) is 0 Å². The van der Waals surface area contributed by atoms with Crippen LogP contribution >= 0.6 is 0 Å². The smallest absolute Gasteiger partial charge is 0.475 e. The summed E-state index contributed by atoms with van der Waals surface area (Å²) < 4.78 is 31.7. The van der Waals surface area contributed by atoms with E-state index in [1.807, 2.05) is 0 Å². The average molecular weight is 379 g/mol. The first-order chi connectivity index (χ1) is 12.1. The molecule has 11 heteroatoms. The summed E-state index contributed by atoms with van der Waals surface area (Å²) in [5.41, 5.74) is 5.34. The van der Waals surface area contributed by atoms with Crippen molar-refractivity contribution >= 4 is 23.7 Å². The molecule has 0 spiro atoms. The molecule has 0 saturated heterocycles. The number of aliphatic carboxylic acids is 1. The topological polar surface area (TPSA) is 130 Å². The van der Waals surface area contributed by atoms with Crippen LogP contribution in [0.3, 0.4) is 0 Å². The molecule has 0 aromatic carbocycles. The second-order valence-corrected chi connectivity index (χ2v) is 5.77. The highest BCUT2D eigenvalue weighted by atomic mass is 19.4. The van der Waals surface area contributed by atoms with Gasteiger partial charge < -0.3 is 16.2 Å². The molecule has 1 saturated carbocycles. The number of carboxylic acid groups (broad SMARTS) is 1. The lowest BCUT2D eigenvalue weighted by Gasteiger charge is -2.32. The number of hydrogen-bond acceptors (Lipinski definition) is 5. The quantitative estimate of drug-likeness (QED) is 0.598. The Kier molecular flexibility index (Phi) is 7.75. The maximum atomic E-state index is 11.8. The lowest BCUT2D eigenvalue weighted by atomic mass is 9.84. The van der Waals surface area contributed by atoms with Crippen LogP contribution in [0.1, 0.15) is 25.7 Å². The molecule has 1 aliphatic heterocycles. The van der Waals surface area contributed by atoms with Gasteiger partial charge in [0.15, 0.2) is 0 Å². The normalized spacial score (nSPS) is 22.7. The molecule has 0 aromatic rings. The van der Waals surface area contributed by atoms with Gasteiger partial charge in [0.1, 0.15) is 0 Å². The molecule has 1 fully saturated rings. The Hall–Kier alpha value is -2.43. The summed E-state index contributed by atoms with van der Waals surface area (Å²) in [5, 5.41) is 9.91. The Morgan fingerprint density at radius 1 is 1.15 bits per heavy atom. The molecule has 0 bridgehead atoms. The SMILES string of the molecule is NCCNC(=O)C1CCC(N2C(=O)C=CC2=O)CC1.O=C(O)C(F)(F)F. The number of nitrogens with zero attached hydrogens (tertiary/aromatic N) is 1. The van der Waals surface area contributed by atoms with E-state index in [1.165, 1.54) is 17.1 Å². The lowest BCUT2D eigenvalue weighted by Crippen LogP contribution is -2.44. The predicted octanol–water partition coefficient (Wildman–Crippen LogP) is 0.178. The van der Waals surface area contributed by atoms with Crippen LogP contribution in [0.25, 0.3) is 0 Å². The van der Waals surface area contributed by atoms with Crippen molar-refractivity contribution in [1.29, 1.82) is 0 Å². The van der Waals surface area contributed by atoms with Gasteiger partial charge in [-0.05, 0) is 25.7 Å². The van der Waals surface area contributed by atoms with Crippen LogP contribution < -0.4 is 11.1 Å². The molecule has 4 N–H and O–H groups in total. The van der Waals surface area contributed by atoms with Gasteiger partial charge in [-0.3, -0.25) is 19.3 Å². The number of rotatable bonds is 4. The monoisotopic (exact) mass is 379 g/mol. The Labute approximate surface area is 147 Å². The summed E-state index contributed by atoms with van der Waals surface area (Å²) in [6, 6.07) is -0.0615. The number of hydrogen-bond donors (Lipinski definition) is 3. The fraction of sp³-hybridized carbons (Fsp3) is 0.600. The summed E-state index contributed by atoms with van der Waals surface area (Å²) >= 11 is 0. The summed E-state index contributed by atoms with van der Waals surface area (Å²) in [4.78, 5) is 45.1. The first-order valence-corrected chi connectivity index (χ1v) is 7.91. The largest absolute Gasteiger partial charge is 0.490 e. The zero-order valence-corrected chi connectivity index (χ0v) is 13.8. The second-order valence-electron chi connectivity index (χ2n) is 5.77. The van der Waals surface area contributed by atoms with E-state index < -0.39 is 12.1 Å². The van der Waals surface area contributed by atoms with Crippen molar-refractivity contribution in [3.8, 4) is 0 Å². The van der Waals surface area contributed by atoms with Crippen LogP contribution in [0.4, 0.5) is 13.2 Å². The molecular weight excluding hydrogens is 359 g/mol. The highest BCUT2D eigenvalue weighted by molar-refractivity contribution is 6.13. The number of nitrogens with two attached hydrogens (primary N) is 1. The molecule has 3 amide bonds. The first kappa shape index (κ1) is 21.6. The van der Waals surface area contributed by atoms with Crippen molar-refractivity contribution in [3.63, 3.8) is 0 Å². The minimum Gasteiger partial charge on any atom is -0.475 e. The van der Waals surface area contributed by atoms with Gasteiger partial charge in [-0.15, -0.1) is 0 Å². The summed E-state index contributed by atoms with van der Waals surface area (Å²) in [7, 11) is 0. The third-order valence-electron chi connectivity index (χ3n) is 3.96. The highest BCUT2D eigenvalue weighted by Crippen LogP contribution is 2.29. The molecule has 8 nitrogen and oxygen atoms in total. The van der Waals surface area contributed by atoms with Crippen LogP contribution in [-0.4, -0.2) is 59.0 Å². The maximum absolute atomic E-state index is 11.8. The molecule has 146 valence electrons. The van der Waals surface area contributed by atoms with Crippen molar-refractivity contribution in [2.45, 2.75) is 37.9 Å². The molecule has 0 atom stereocenters. The van der Waals surface area contributed by atoms with Crippen molar-refractivity contribution in [1.82, 2.24) is 10.2 Å². The molecule has 0 unspecified atom stereocenters. The van der Waals surface area contributed by atoms with Crippen molar-refractivity contribution in [2.75, 3.05) is 13.1 Å². The molecule has 26 heavy (non-hydrogen) atoms. The van der Waals surface area contributed by atoms with Gasteiger partial charge in [-0.1, -0.05) is 0 Å². The summed E-state index contributed by atoms with van der Waals surface area (Å²) in [6.07, 6.45) is 0.334. The standard InChI is InChI=1S/C13H19N3O3.C2HF3O2/c14-7-8-15-13(19)9-1-3-10(4-2-9)16-11(17)5-6-12(16)18;3-2(4,5)1(6)7/h5-6,9-10H,1-4,7-8,14H2,(H,15,19);(H,6,7). The summed E-state index contributed by atoms with van der Waals surface area (Å²) in [5.74, 6) is -3.22. The number of carboxylic acids is 1. The van der Waals surface area contributed by atoms with E-state index in [0.29, 0.717) is 38.8 Å². The molecule has 2 rings (SSSR count). The van der Waals surface area contributed by atoms with E-state index in [1.54, 1.807) is 0 Å². The Balaban J connectivity index is 0.000000412. The van der Waals surface area contributed by atoms with E-state index >= 15 is 0 Å². The number of carbonyl (C=O) groups excluding carboxylic acids is 3. The Bertz CT molecular complexity index is 566. The number of imide groups is 1. The number of alkyl halides is 3. The molecule has 0 aromatic heterocycles. The molecule has 0 radical (unpaired) electrons. The third-order valence-corrected chi connectivity index (χ3v) is 3.96. The van der Waals surface area contributed by atoms with Crippen LogP contribution in [0.5, 0.6) is 0 Å². The van der Waals surface area contributed by atoms with Crippen LogP contribution in [0.15, 0.2) is 12.2 Å². The fourth-order valence-electron chi connectivity index (χ4n) is 2.71. The second kappa shape index (κ2) is 9.32. The molecular formula is C15H20F3N3O5. The molecule has 1 heterocycles. The summed E-state index contributed by atoms with van der Waals surface area (Å²) in [6.45, 7) is 0.926. The zero-order valence-electron chi connectivity index (χ0n) is 13.8. The number of nitrogens with one attached hydrogen (secondary N) is 1. The average Bonchev–Trinajstić information content (AvgIpc) is 2.91. The lowest BCUT2D eigenvalue weighted by molar-refractivity contribution is -0.192. The highest BCUT2D eigenvalue weighted by Gasteiger charge is 2.38. The van der Waals surface area contributed by atoms with Crippen LogP contribution in [-0.2, 0) is 19.2 Å².